The van der Waals surface area contributed by atoms with Gasteiger partial charge in [-0.3, -0.25) is 5.10 Å². The standard InChI is InChI=1S/C19H15F3N4O2/c20-19(21,22)13-3-4-14-16(6-13)24-18(23-14)17-7-15(25-26-17)10-1-2-11(8-27)12(5-10)9-28/h1-7,27-28H,8-9H2,(H,23,24)(H,25,26). The molecule has 4 rings (SSSR count). The second-order valence-electron chi connectivity index (χ2n) is 6.28. The number of halogens is 3. The van der Waals surface area contributed by atoms with E-state index in [1.807, 2.05) is 0 Å². The minimum Gasteiger partial charge on any atom is -0.392 e. The van der Waals surface area contributed by atoms with Crippen LogP contribution in [0.5, 0.6) is 0 Å². The molecule has 0 radical (unpaired) electrons. The molecule has 2 heterocycles. The molecule has 2 aromatic carbocycles. The average molecular weight is 388 g/mol. The van der Waals surface area contributed by atoms with Crippen molar-refractivity contribution in [2.75, 3.05) is 0 Å². The predicted molar refractivity (Wildman–Crippen MR) is 96.0 cm³/mol. The minimum absolute atomic E-state index is 0.180. The van der Waals surface area contributed by atoms with Crippen LogP contribution in [0.15, 0.2) is 42.5 Å². The summed E-state index contributed by atoms with van der Waals surface area (Å²) in [6, 6.07) is 10.2. The summed E-state index contributed by atoms with van der Waals surface area (Å²) in [5.41, 5.74) is 2.96. The lowest BCUT2D eigenvalue weighted by Crippen LogP contribution is -2.04. The Labute approximate surface area is 156 Å². The van der Waals surface area contributed by atoms with Crippen molar-refractivity contribution in [2.45, 2.75) is 19.4 Å². The maximum absolute atomic E-state index is 12.9. The highest BCUT2D eigenvalue weighted by Crippen LogP contribution is 2.32. The molecule has 9 heteroatoms. The van der Waals surface area contributed by atoms with E-state index in [1.165, 1.54) is 6.07 Å². The van der Waals surface area contributed by atoms with Crippen LogP contribution >= 0.6 is 0 Å². The average Bonchev–Trinajstić information content (AvgIpc) is 3.32. The number of aliphatic hydroxyl groups is 2. The summed E-state index contributed by atoms with van der Waals surface area (Å²) in [6.45, 7) is -0.396. The Balaban J connectivity index is 1.69. The first-order chi connectivity index (χ1) is 13.4. The molecular weight excluding hydrogens is 373 g/mol. The molecule has 144 valence electrons. The molecule has 0 aliphatic rings. The zero-order chi connectivity index (χ0) is 19.9. The van der Waals surface area contributed by atoms with Crippen molar-refractivity contribution >= 4 is 11.0 Å². The second kappa shape index (κ2) is 6.77. The van der Waals surface area contributed by atoms with E-state index >= 15 is 0 Å². The molecule has 0 aliphatic heterocycles. The van der Waals surface area contributed by atoms with Crippen LogP contribution in [0.1, 0.15) is 16.7 Å². The Morgan fingerprint density at radius 3 is 2.43 bits per heavy atom. The number of hydrogen-bond acceptors (Lipinski definition) is 4. The number of imidazole rings is 1. The van der Waals surface area contributed by atoms with E-state index in [0.29, 0.717) is 33.9 Å². The van der Waals surface area contributed by atoms with Crippen LogP contribution < -0.4 is 0 Å². The van der Waals surface area contributed by atoms with E-state index in [1.54, 1.807) is 24.3 Å². The van der Waals surface area contributed by atoms with Crippen LogP contribution in [0.3, 0.4) is 0 Å². The van der Waals surface area contributed by atoms with Crippen LogP contribution in [0.4, 0.5) is 13.2 Å². The molecule has 6 nitrogen and oxygen atoms in total. The van der Waals surface area contributed by atoms with E-state index in [9.17, 15) is 23.4 Å². The largest absolute Gasteiger partial charge is 0.416 e. The summed E-state index contributed by atoms with van der Waals surface area (Å²) in [6.07, 6.45) is -4.42. The second-order valence-corrected chi connectivity index (χ2v) is 6.28. The highest BCUT2D eigenvalue weighted by atomic mass is 19.4. The first-order valence-electron chi connectivity index (χ1n) is 8.35. The quantitative estimate of drug-likeness (QED) is 0.429. The van der Waals surface area contributed by atoms with E-state index in [2.05, 4.69) is 20.2 Å². The molecule has 0 unspecified atom stereocenters. The van der Waals surface area contributed by atoms with Gasteiger partial charge in [-0.15, -0.1) is 0 Å². The normalized spacial score (nSPS) is 12.0. The molecule has 4 N–H and O–H groups in total. The lowest BCUT2D eigenvalue weighted by atomic mass is 10.0. The number of aromatic nitrogens is 4. The molecule has 0 saturated heterocycles. The number of aromatic amines is 2. The maximum atomic E-state index is 12.9. The Kier molecular flexibility index (Phi) is 4.40. The summed E-state index contributed by atoms with van der Waals surface area (Å²) >= 11 is 0. The van der Waals surface area contributed by atoms with Gasteiger partial charge in [0.1, 0.15) is 5.69 Å². The number of rotatable bonds is 4. The Hall–Kier alpha value is -3.17. The number of H-pyrrole nitrogens is 2. The number of nitrogens with zero attached hydrogens (tertiary/aromatic N) is 2. The third kappa shape index (κ3) is 3.25. The molecule has 0 atom stereocenters. The van der Waals surface area contributed by atoms with Gasteiger partial charge in [-0.25, -0.2) is 4.98 Å². The summed E-state index contributed by atoms with van der Waals surface area (Å²) < 4.78 is 38.6. The minimum atomic E-state index is -4.42. The van der Waals surface area contributed by atoms with Crippen LogP contribution in [-0.2, 0) is 19.4 Å². The number of hydrogen-bond donors (Lipinski definition) is 4. The Morgan fingerprint density at radius 2 is 1.71 bits per heavy atom. The third-order valence-electron chi connectivity index (χ3n) is 4.48. The topological polar surface area (TPSA) is 97.8 Å². The monoisotopic (exact) mass is 388 g/mol. The van der Waals surface area contributed by atoms with Gasteiger partial charge in [0, 0.05) is 5.56 Å². The zero-order valence-corrected chi connectivity index (χ0v) is 14.4. The van der Waals surface area contributed by atoms with Crippen LogP contribution in [-0.4, -0.2) is 30.4 Å². The lowest BCUT2D eigenvalue weighted by molar-refractivity contribution is -0.137. The van der Waals surface area contributed by atoms with Crippen molar-refractivity contribution in [3.05, 3.63) is 59.2 Å². The molecule has 0 fully saturated rings. The van der Waals surface area contributed by atoms with Crippen molar-refractivity contribution < 1.29 is 23.4 Å². The molecular formula is C19H15F3N4O2. The van der Waals surface area contributed by atoms with Crippen LogP contribution in [0.2, 0.25) is 0 Å². The smallest absolute Gasteiger partial charge is 0.392 e. The van der Waals surface area contributed by atoms with E-state index in [4.69, 9.17) is 0 Å². The predicted octanol–water partition coefficient (Wildman–Crippen LogP) is 3.62. The SMILES string of the molecule is OCc1ccc(-c2cc(-c3nc4ccc(C(F)(F)F)cc4[nH]3)[nH]n2)cc1CO. The first kappa shape index (κ1) is 18.2. The molecule has 0 aliphatic carbocycles. The maximum Gasteiger partial charge on any atom is 0.416 e. The number of benzene rings is 2. The number of fused-ring (bicyclic) bond motifs is 1. The van der Waals surface area contributed by atoms with Crippen molar-refractivity contribution in [1.82, 2.24) is 20.2 Å². The van der Waals surface area contributed by atoms with Gasteiger partial charge in [0.2, 0.25) is 0 Å². The molecule has 0 spiro atoms. The van der Waals surface area contributed by atoms with Crippen LogP contribution in [0, 0.1) is 0 Å². The third-order valence-corrected chi connectivity index (χ3v) is 4.48. The summed E-state index contributed by atoms with van der Waals surface area (Å²) in [5, 5.41) is 25.7. The van der Waals surface area contributed by atoms with Gasteiger partial charge in [-0.05, 0) is 41.5 Å². The van der Waals surface area contributed by atoms with Gasteiger partial charge in [-0.2, -0.15) is 18.3 Å². The highest BCUT2D eigenvalue weighted by Gasteiger charge is 2.30. The zero-order valence-electron chi connectivity index (χ0n) is 14.4. The molecule has 2 aromatic heterocycles. The molecule has 28 heavy (non-hydrogen) atoms. The number of nitrogens with one attached hydrogen (secondary N) is 2. The summed E-state index contributed by atoms with van der Waals surface area (Å²) in [5.74, 6) is 0.363. The van der Waals surface area contributed by atoms with Crippen molar-refractivity contribution in [3.63, 3.8) is 0 Å². The van der Waals surface area contributed by atoms with Crippen molar-refractivity contribution in [3.8, 4) is 22.8 Å². The number of alkyl halides is 3. The van der Waals surface area contributed by atoms with Gasteiger partial charge >= 0.3 is 6.18 Å². The summed E-state index contributed by atoms with van der Waals surface area (Å²) in [4.78, 5) is 7.18. The van der Waals surface area contributed by atoms with Gasteiger partial charge in [-0.1, -0.05) is 12.1 Å². The highest BCUT2D eigenvalue weighted by molar-refractivity contribution is 5.80. The fraction of sp³-hybridized carbons (Fsp3) is 0.158. The van der Waals surface area contributed by atoms with Crippen molar-refractivity contribution in [2.24, 2.45) is 0 Å². The molecule has 0 bridgehead atoms. The number of aliphatic hydroxyl groups excluding tert-OH is 2. The van der Waals surface area contributed by atoms with Gasteiger partial charge in [0.15, 0.2) is 5.82 Å². The van der Waals surface area contributed by atoms with Gasteiger partial charge in [0.05, 0.1) is 35.5 Å². The van der Waals surface area contributed by atoms with E-state index < -0.39 is 11.7 Å². The van der Waals surface area contributed by atoms with Crippen LogP contribution in [0.25, 0.3) is 33.8 Å². The van der Waals surface area contributed by atoms with Gasteiger partial charge < -0.3 is 15.2 Å². The lowest BCUT2D eigenvalue weighted by Gasteiger charge is -2.06. The Bertz CT molecular complexity index is 1150. The molecule has 0 saturated carbocycles. The Morgan fingerprint density at radius 1 is 0.929 bits per heavy atom. The van der Waals surface area contributed by atoms with Gasteiger partial charge in [0.25, 0.3) is 0 Å². The fourth-order valence-electron chi connectivity index (χ4n) is 2.99. The molecule has 0 amide bonds. The molecule has 4 aromatic rings. The first-order valence-corrected chi connectivity index (χ1v) is 8.35. The fourth-order valence-corrected chi connectivity index (χ4v) is 2.99. The van der Waals surface area contributed by atoms with E-state index in [-0.39, 0.29) is 18.7 Å². The van der Waals surface area contributed by atoms with Crippen molar-refractivity contribution in [1.29, 1.82) is 0 Å². The summed E-state index contributed by atoms with van der Waals surface area (Å²) in [7, 11) is 0. The van der Waals surface area contributed by atoms with E-state index in [0.717, 1.165) is 17.7 Å².